The van der Waals surface area contributed by atoms with E-state index >= 15 is 0 Å². The molecule has 0 amide bonds. The van der Waals surface area contributed by atoms with Crippen molar-refractivity contribution in [3.8, 4) is 5.88 Å². The third-order valence-corrected chi connectivity index (χ3v) is 2.07. The van der Waals surface area contributed by atoms with E-state index in [0.717, 1.165) is 0 Å². The molecule has 0 radical (unpaired) electrons. The first-order chi connectivity index (χ1) is 8.43. The predicted octanol–water partition coefficient (Wildman–Crippen LogP) is 2.89. The first-order valence-electron chi connectivity index (χ1n) is 4.52. The van der Waals surface area contributed by atoms with Crippen LogP contribution in [0.15, 0.2) is 0 Å². The van der Waals surface area contributed by atoms with E-state index in [4.69, 9.17) is 17.3 Å². The third-order valence-electron chi connectivity index (χ3n) is 1.90. The Bertz CT molecular complexity index is 461. The first-order valence-corrected chi connectivity index (χ1v) is 4.90. The molecule has 0 aliphatic heterocycles. The average molecular weight is 310 g/mol. The van der Waals surface area contributed by atoms with Gasteiger partial charge in [-0.3, -0.25) is 0 Å². The van der Waals surface area contributed by atoms with Crippen molar-refractivity contribution < 1.29 is 31.1 Å². The Kier molecular flexibility index (Phi) is 4.03. The van der Waals surface area contributed by atoms with Crippen molar-refractivity contribution in [3.05, 3.63) is 11.0 Å². The number of anilines is 1. The van der Waals surface area contributed by atoms with E-state index in [1.807, 2.05) is 0 Å². The van der Waals surface area contributed by atoms with E-state index in [1.165, 1.54) is 6.92 Å². The minimum atomic E-state index is -5.67. The summed E-state index contributed by atoms with van der Waals surface area (Å²) in [5.41, 5.74) is 4.59. The molecule has 19 heavy (non-hydrogen) atoms. The molecule has 0 fully saturated rings. The number of nitrogens with zero attached hydrogens (tertiary/aromatic N) is 2. The molecule has 1 aromatic rings. The van der Waals surface area contributed by atoms with Crippen molar-refractivity contribution in [3.63, 3.8) is 0 Å². The highest BCUT2D eigenvalue weighted by molar-refractivity contribution is 6.28. The van der Waals surface area contributed by atoms with E-state index in [0.29, 0.717) is 0 Å². The minimum Gasteiger partial charge on any atom is -0.453 e. The fourth-order valence-electron chi connectivity index (χ4n) is 1.04. The van der Waals surface area contributed by atoms with Gasteiger partial charge in [0.15, 0.2) is 0 Å². The molecule has 0 aliphatic carbocycles. The smallest absolute Gasteiger partial charge is 0.434 e. The van der Waals surface area contributed by atoms with Crippen LogP contribution in [0.4, 0.5) is 32.0 Å². The first kappa shape index (κ1) is 15.6. The molecular formula is C8H6ClF6N3O. The fraction of sp³-hybridized carbons (Fsp3) is 0.500. The molecule has 0 spiro atoms. The Hall–Kier alpha value is -1.45. The summed E-state index contributed by atoms with van der Waals surface area (Å²) < 4.78 is 77.5. The van der Waals surface area contributed by atoms with E-state index in [9.17, 15) is 26.3 Å². The van der Waals surface area contributed by atoms with Crippen LogP contribution in [-0.2, 0) is 0 Å². The van der Waals surface area contributed by atoms with Crippen molar-refractivity contribution in [2.75, 3.05) is 5.73 Å². The highest BCUT2D eigenvalue weighted by Crippen LogP contribution is 2.37. The van der Waals surface area contributed by atoms with Gasteiger partial charge in [0.25, 0.3) is 6.10 Å². The van der Waals surface area contributed by atoms with Crippen LogP contribution in [0.5, 0.6) is 5.88 Å². The normalized spacial score (nSPS) is 12.9. The zero-order chi connectivity index (χ0) is 15.0. The SMILES string of the molecule is Cc1nc(Cl)nc(OC(C(F)(F)F)C(F)(F)F)c1N. The van der Waals surface area contributed by atoms with E-state index < -0.39 is 35.3 Å². The lowest BCUT2D eigenvalue weighted by atomic mass is 10.3. The fourth-order valence-corrected chi connectivity index (χ4v) is 1.25. The number of aryl methyl sites for hydroxylation is 1. The maximum Gasteiger partial charge on any atom is 0.434 e. The number of hydrogen-bond acceptors (Lipinski definition) is 4. The molecular weight excluding hydrogens is 304 g/mol. The maximum atomic E-state index is 12.3. The maximum absolute atomic E-state index is 12.3. The minimum absolute atomic E-state index is 0.0990. The lowest BCUT2D eigenvalue weighted by Crippen LogP contribution is -2.46. The molecule has 0 saturated heterocycles. The van der Waals surface area contributed by atoms with Gasteiger partial charge in [0.05, 0.1) is 5.69 Å². The summed E-state index contributed by atoms with van der Waals surface area (Å²) in [5, 5.41) is -0.579. The summed E-state index contributed by atoms with van der Waals surface area (Å²) in [6, 6.07) is 0. The number of halogens is 7. The van der Waals surface area contributed by atoms with Crippen molar-refractivity contribution >= 4 is 17.3 Å². The third kappa shape index (κ3) is 3.75. The second-order valence-corrected chi connectivity index (χ2v) is 3.72. The molecule has 0 atom stereocenters. The Morgan fingerprint density at radius 1 is 1.11 bits per heavy atom. The molecule has 0 unspecified atom stereocenters. The summed E-state index contributed by atoms with van der Waals surface area (Å²) >= 11 is 5.31. The summed E-state index contributed by atoms with van der Waals surface area (Å²) in [6.45, 7) is 1.23. The van der Waals surface area contributed by atoms with E-state index in [1.54, 1.807) is 0 Å². The van der Waals surface area contributed by atoms with Gasteiger partial charge >= 0.3 is 12.4 Å². The summed E-state index contributed by atoms with van der Waals surface area (Å²) in [4.78, 5) is 6.56. The van der Waals surface area contributed by atoms with Crippen LogP contribution in [0, 0.1) is 6.92 Å². The van der Waals surface area contributed by atoms with E-state index in [2.05, 4.69) is 14.7 Å². The standard InChI is InChI=1S/C8H6ClF6N3O/c1-2-3(16)4(18-6(9)17-2)19-5(7(10,11)12)8(13,14)15/h5H,16H2,1H3. The lowest BCUT2D eigenvalue weighted by molar-refractivity contribution is -0.300. The van der Waals surface area contributed by atoms with Crippen LogP contribution >= 0.6 is 11.6 Å². The van der Waals surface area contributed by atoms with Gasteiger partial charge in [-0.05, 0) is 18.5 Å². The zero-order valence-electron chi connectivity index (χ0n) is 9.10. The molecule has 11 heteroatoms. The number of nitrogens with two attached hydrogens (primary N) is 1. The topological polar surface area (TPSA) is 61.0 Å². The Balaban J connectivity index is 3.18. The summed E-state index contributed by atoms with van der Waals surface area (Å²) in [7, 11) is 0. The zero-order valence-corrected chi connectivity index (χ0v) is 9.86. The van der Waals surface area contributed by atoms with Gasteiger partial charge in [-0.1, -0.05) is 0 Å². The van der Waals surface area contributed by atoms with Gasteiger partial charge < -0.3 is 10.5 Å². The average Bonchev–Trinajstić information content (AvgIpc) is 2.17. The van der Waals surface area contributed by atoms with Gasteiger partial charge in [0.2, 0.25) is 11.2 Å². The molecule has 1 aromatic heterocycles. The molecule has 0 bridgehead atoms. The quantitative estimate of drug-likeness (QED) is 0.674. The van der Waals surface area contributed by atoms with Crippen LogP contribution < -0.4 is 10.5 Å². The second-order valence-electron chi connectivity index (χ2n) is 3.38. The van der Waals surface area contributed by atoms with E-state index in [-0.39, 0.29) is 5.69 Å². The molecule has 1 rings (SSSR count). The lowest BCUT2D eigenvalue weighted by Gasteiger charge is -2.23. The van der Waals surface area contributed by atoms with Crippen LogP contribution in [0.2, 0.25) is 5.28 Å². The number of ether oxygens (including phenoxy) is 1. The van der Waals surface area contributed by atoms with Crippen molar-refractivity contribution in [2.45, 2.75) is 25.4 Å². The second kappa shape index (κ2) is 4.91. The van der Waals surface area contributed by atoms with Gasteiger partial charge in [-0.25, -0.2) is 4.98 Å². The van der Waals surface area contributed by atoms with Crippen LogP contribution in [-0.4, -0.2) is 28.4 Å². The summed E-state index contributed by atoms with van der Waals surface area (Å²) in [5.74, 6) is -1.07. The number of alkyl halides is 6. The monoisotopic (exact) mass is 309 g/mol. The van der Waals surface area contributed by atoms with Crippen molar-refractivity contribution in [2.24, 2.45) is 0 Å². The highest BCUT2D eigenvalue weighted by atomic mass is 35.5. The van der Waals surface area contributed by atoms with Crippen LogP contribution in [0.1, 0.15) is 5.69 Å². The van der Waals surface area contributed by atoms with Gasteiger partial charge in [0, 0.05) is 0 Å². The molecule has 0 aromatic carbocycles. The van der Waals surface area contributed by atoms with Gasteiger partial charge in [-0.2, -0.15) is 31.3 Å². The largest absolute Gasteiger partial charge is 0.453 e. The van der Waals surface area contributed by atoms with Crippen molar-refractivity contribution in [1.29, 1.82) is 0 Å². The number of nitrogen functional groups attached to an aromatic ring is 1. The highest BCUT2D eigenvalue weighted by Gasteiger charge is 2.59. The molecule has 4 nitrogen and oxygen atoms in total. The Labute approximate surface area is 107 Å². The Morgan fingerprint density at radius 3 is 2.00 bits per heavy atom. The molecule has 108 valence electrons. The molecule has 1 heterocycles. The van der Waals surface area contributed by atoms with Gasteiger partial charge in [0.1, 0.15) is 5.69 Å². The Morgan fingerprint density at radius 2 is 1.58 bits per heavy atom. The molecule has 2 N–H and O–H groups in total. The summed E-state index contributed by atoms with van der Waals surface area (Å²) in [6.07, 6.45) is -15.4. The van der Waals surface area contributed by atoms with Crippen molar-refractivity contribution in [1.82, 2.24) is 9.97 Å². The van der Waals surface area contributed by atoms with Crippen LogP contribution in [0.25, 0.3) is 0 Å². The molecule has 0 saturated carbocycles. The van der Waals surface area contributed by atoms with Gasteiger partial charge in [-0.15, -0.1) is 0 Å². The number of hydrogen-bond donors (Lipinski definition) is 1. The predicted molar refractivity (Wildman–Crippen MR) is 52.7 cm³/mol. The number of aromatic nitrogens is 2. The number of rotatable bonds is 2. The molecule has 0 aliphatic rings. The van der Waals surface area contributed by atoms with Crippen LogP contribution in [0.3, 0.4) is 0 Å².